The van der Waals surface area contributed by atoms with E-state index in [4.69, 9.17) is 69.6 Å². The van der Waals surface area contributed by atoms with Crippen LogP contribution < -0.4 is 0 Å². The number of hydrogen-bond acceptors (Lipinski definition) is 7. The molecule has 3 heterocycles. The number of rotatable bonds is 2. The topological polar surface area (TPSA) is 102 Å². The first kappa shape index (κ1) is 28.6. The third kappa shape index (κ3) is 8.30. The van der Waals surface area contributed by atoms with Crippen LogP contribution >= 0.6 is 69.6 Å². The first-order chi connectivity index (χ1) is 16.8. The minimum absolute atomic E-state index is 0.0786. The van der Waals surface area contributed by atoms with E-state index in [0.717, 1.165) is 11.8 Å². The fourth-order valence-electron chi connectivity index (χ4n) is 3.49. The first-order valence-electron chi connectivity index (χ1n) is 10.2. The number of likely N-dealkylation sites (tertiary alicyclic amines) is 1. The van der Waals surface area contributed by atoms with Crippen LogP contribution in [0.1, 0.15) is 28.4 Å². The number of alkyl halides is 6. The predicted octanol–water partition coefficient (Wildman–Crippen LogP) is 6.76. The molecule has 14 heteroatoms. The van der Waals surface area contributed by atoms with Crippen molar-refractivity contribution in [2.24, 2.45) is 0 Å². The number of pyridine rings is 2. The molecule has 36 heavy (non-hydrogen) atoms. The van der Waals surface area contributed by atoms with Crippen molar-refractivity contribution in [3.63, 3.8) is 0 Å². The number of fused-ring (bicyclic) bond motifs is 1. The molecule has 0 aliphatic carbocycles. The van der Waals surface area contributed by atoms with Crippen LogP contribution in [-0.2, 0) is 9.47 Å². The molecule has 0 radical (unpaired) electrons. The zero-order valence-corrected chi connectivity index (χ0v) is 22.6. The Morgan fingerprint density at radius 2 is 1.58 bits per heavy atom. The molecular weight excluding hydrogens is 599 g/mol. The Bertz CT molecular complexity index is 1200. The number of carbonyl (C=O) groups is 2. The number of aromatic hydroxyl groups is 1. The van der Waals surface area contributed by atoms with Gasteiger partial charge >= 0.3 is 14.1 Å². The minimum atomic E-state index is -2.24. The molecule has 8 nitrogen and oxygen atoms in total. The summed E-state index contributed by atoms with van der Waals surface area (Å²) < 4.78 is 3.50. The molecule has 0 saturated carbocycles. The lowest BCUT2D eigenvalue weighted by molar-refractivity contribution is 0.0508. The van der Waals surface area contributed by atoms with Gasteiger partial charge in [-0.15, -0.1) is 0 Å². The number of hydrogen-bond donors (Lipinski definition) is 1. The third-order valence-corrected chi connectivity index (χ3v) is 5.43. The second kappa shape index (κ2) is 12.1. The van der Waals surface area contributed by atoms with Gasteiger partial charge in [-0.25, -0.2) is 9.78 Å². The normalized spacial score (nSPS) is 15.7. The predicted molar refractivity (Wildman–Crippen MR) is 139 cm³/mol. The van der Waals surface area contributed by atoms with Crippen molar-refractivity contribution >= 4 is 92.6 Å². The highest BCUT2D eigenvalue weighted by molar-refractivity contribution is 6.67. The number of amides is 1. The maximum Gasteiger partial charge on any atom is 0.515 e. The van der Waals surface area contributed by atoms with Gasteiger partial charge in [0.15, 0.2) is 11.4 Å². The first-order valence-corrected chi connectivity index (χ1v) is 12.4. The highest BCUT2D eigenvalue weighted by atomic mass is 35.6. The number of halogens is 6. The van der Waals surface area contributed by atoms with Gasteiger partial charge in [0.1, 0.15) is 5.52 Å². The van der Waals surface area contributed by atoms with Crippen LogP contribution in [-0.4, -0.2) is 53.1 Å². The molecule has 1 aliphatic heterocycles. The molecule has 192 valence electrons. The Kier molecular flexibility index (Phi) is 9.60. The molecular formula is C22H17Cl6N3O5. The van der Waals surface area contributed by atoms with Gasteiger partial charge in [-0.3, -0.25) is 9.78 Å². The Labute approximate surface area is 235 Å². The molecule has 1 aliphatic rings. The number of ether oxygens (including phenoxy) is 2. The fourth-order valence-corrected chi connectivity index (χ4v) is 3.86. The van der Waals surface area contributed by atoms with E-state index in [1.807, 2.05) is 24.3 Å². The van der Waals surface area contributed by atoms with Gasteiger partial charge in [-0.1, -0.05) is 30.3 Å². The van der Waals surface area contributed by atoms with E-state index in [0.29, 0.717) is 24.5 Å². The van der Waals surface area contributed by atoms with Crippen molar-refractivity contribution in [3.8, 4) is 5.75 Å². The fraction of sp³-hybridized carbons (Fsp3) is 0.273. The molecule has 1 N–H and O–H groups in total. The van der Waals surface area contributed by atoms with Crippen LogP contribution in [0.15, 0.2) is 54.9 Å². The second-order valence-corrected chi connectivity index (χ2v) is 11.7. The summed E-state index contributed by atoms with van der Waals surface area (Å²) in [6.07, 6.45) is 2.69. The average Bonchev–Trinajstić information content (AvgIpc) is 3.28. The van der Waals surface area contributed by atoms with Crippen molar-refractivity contribution in [2.45, 2.75) is 20.3 Å². The van der Waals surface area contributed by atoms with Gasteiger partial charge in [-0.2, -0.15) is 0 Å². The molecule has 4 rings (SSSR count). The Morgan fingerprint density at radius 1 is 0.944 bits per heavy atom. The monoisotopic (exact) mass is 613 g/mol. The molecule has 1 atom stereocenters. The maximum atomic E-state index is 12.8. The summed E-state index contributed by atoms with van der Waals surface area (Å²) in [5.74, 6) is -0.0457. The van der Waals surface area contributed by atoms with Crippen LogP contribution in [0.5, 0.6) is 5.75 Å². The zero-order chi connectivity index (χ0) is 26.5. The van der Waals surface area contributed by atoms with E-state index in [9.17, 15) is 14.7 Å². The van der Waals surface area contributed by atoms with Crippen molar-refractivity contribution in [3.05, 3.63) is 66.1 Å². The average molecular weight is 616 g/mol. The second-order valence-electron chi connectivity index (χ2n) is 7.39. The van der Waals surface area contributed by atoms with Crippen molar-refractivity contribution in [1.82, 2.24) is 14.9 Å². The summed E-state index contributed by atoms with van der Waals surface area (Å²) in [7, 11) is 0. The van der Waals surface area contributed by atoms with E-state index in [1.54, 1.807) is 23.4 Å². The Morgan fingerprint density at radius 3 is 2.19 bits per heavy atom. The molecule has 3 aromatic rings. The van der Waals surface area contributed by atoms with Gasteiger partial charge < -0.3 is 19.5 Å². The summed E-state index contributed by atoms with van der Waals surface area (Å²) in [6.45, 7) is 1.31. The summed E-state index contributed by atoms with van der Waals surface area (Å²) in [4.78, 5) is 33.4. The van der Waals surface area contributed by atoms with Crippen molar-refractivity contribution in [1.29, 1.82) is 0 Å². The third-order valence-electron chi connectivity index (χ3n) is 4.97. The highest BCUT2D eigenvalue weighted by Crippen LogP contribution is 2.33. The van der Waals surface area contributed by atoms with E-state index in [-0.39, 0.29) is 17.4 Å². The van der Waals surface area contributed by atoms with Gasteiger partial charge in [0.2, 0.25) is 0 Å². The van der Waals surface area contributed by atoms with Crippen LogP contribution in [0.4, 0.5) is 4.79 Å². The lowest BCUT2D eigenvalue weighted by Crippen LogP contribution is -2.29. The smallest absolute Gasteiger partial charge is 0.504 e. The lowest BCUT2D eigenvalue weighted by Gasteiger charge is -2.17. The molecule has 0 spiro atoms. The zero-order valence-electron chi connectivity index (χ0n) is 18.1. The minimum Gasteiger partial charge on any atom is -0.504 e. The van der Waals surface area contributed by atoms with Crippen molar-refractivity contribution < 1.29 is 24.2 Å². The SMILES string of the molecule is O=C(OC(Cl)(Cl)Cl)OC(Cl)(Cl)Cl.O=C(c1ncc2cccnc2c1O)N1CCC(c2ccccc2)C1. The van der Waals surface area contributed by atoms with Gasteiger partial charge in [0.05, 0.1) is 0 Å². The molecule has 1 saturated heterocycles. The summed E-state index contributed by atoms with van der Waals surface area (Å²) in [6, 6.07) is 13.8. The Hall–Kier alpha value is -1.94. The molecule has 1 amide bonds. The molecule has 1 unspecified atom stereocenters. The number of nitrogens with zero attached hydrogens (tertiary/aromatic N) is 3. The van der Waals surface area contributed by atoms with E-state index >= 15 is 0 Å². The number of carbonyl (C=O) groups excluding carboxylic acids is 2. The van der Waals surface area contributed by atoms with E-state index < -0.39 is 14.1 Å². The van der Waals surface area contributed by atoms with E-state index in [1.165, 1.54) is 5.56 Å². The van der Waals surface area contributed by atoms with Crippen LogP contribution in [0.3, 0.4) is 0 Å². The number of benzene rings is 1. The standard InChI is InChI=1S/C19H17N3O2.C3Cl6O3/c23-18-16-14(7-4-9-20-16)11-21-17(18)19(24)22-10-8-15(12-22)13-5-2-1-3-6-13;4-2(5,6)11-1(10)12-3(7,8)9/h1-7,9,11,15,23H,8,10,12H2;. The summed E-state index contributed by atoms with van der Waals surface area (Å²) in [5, 5.41) is 11.1. The van der Waals surface area contributed by atoms with Crippen LogP contribution in [0.25, 0.3) is 10.9 Å². The highest BCUT2D eigenvalue weighted by Gasteiger charge is 2.33. The largest absolute Gasteiger partial charge is 0.515 e. The molecule has 0 bridgehead atoms. The molecule has 1 aromatic carbocycles. The maximum absolute atomic E-state index is 12.8. The van der Waals surface area contributed by atoms with Gasteiger partial charge in [0.25, 0.3) is 5.91 Å². The van der Waals surface area contributed by atoms with Crippen LogP contribution in [0.2, 0.25) is 0 Å². The Balaban J connectivity index is 0.000000257. The molecule has 1 fully saturated rings. The van der Waals surface area contributed by atoms with E-state index in [2.05, 4.69) is 31.6 Å². The molecule has 2 aromatic heterocycles. The number of aromatic nitrogens is 2. The summed E-state index contributed by atoms with van der Waals surface area (Å²) in [5.41, 5.74) is 1.73. The lowest BCUT2D eigenvalue weighted by atomic mass is 9.99. The van der Waals surface area contributed by atoms with Gasteiger partial charge in [-0.05, 0) is 93.7 Å². The van der Waals surface area contributed by atoms with Gasteiger partial charge in [0, 0.05) is 36.8 Å². The van der Waals surface area contributed by atoms with Crippen LogP contribution in [0, 0.1) is 0 Å². The summed E-state index contributed by atoms with van der Waals surface area (Å²) >= 11 is 30.2. The van der Waals surface area contributed by atoms with Crippen molar-refractivity contribution in [2.75, 3.05) is 13.1 Å². The quantitative estimate of drug-likeness (QED) is 0.251.